The number of halogens is 1. The van der Waals surface area contributed by atoms with Gasteiger partial charge < -0.3 is 14.5 Å². The third-order valence-corrected chi connectivity index (χ3v) is 5.22. The minimum atomic E-state index is -0.618. The zero-order valence-electron chi connectivity index (χ0n) is 17.8. The van der Waals surface area contributed by atoms with Crippen molar-refractivity contribution in [2.75, 3.05) is 5.32 Å². The van der Waals surface area contributed by atoms with Crippen molar-refractivity contribution in [3.8, 4) is 5.75 Å². The predicted molar refractivity (Wildman–Crippen MR) is 124 cm³/mol. The number of rotatable bonds is 6. The number of fused-ring (bicyclic) bond motifs is 1. The van der Waals surface area contributed by atoms with E-state index in [1.807, 2.05) is 45.0 Å². The number of anilines is 1. The van der Waals surface area contributed by atoms with E-state index in [1.165, 1.54) is 6.07 Å². The van der Waals surface area contributed by atoms with Crippen molar-refractivity contribution >= 4 is 34.3 Å². The number of nitrogens with one attached hydrogen (secondary N) is 1. The SMILES string of the molecule is CC(C)Oc1ccc2c(C(=O)Nc3ccnn3C(C)c3ccc(Cl)cc3)cc(=O)oc2c1. The van der Waals surface area contributed by atoms with Gasteiger partial charge in [0.25, 0.3) is 5.91 Å². The van der Waals surface area contributed by atoms with Crippen LogP contribution in [0.4, 0.5) is 5.82 Å². The van der Waals surface area contributed by atoms with Gasteiger partial charge in [0, 0.05) is 28.6 Å². The first-order valence-electron chi connectivity index (χ1n) is 10.2. The van der Waals surface area contributed by atoms with Gasteiger partial charge >= 0.3 is 5.63 Å². The molecule has 32 heavy (non-hydrogen) atoms. The van der Waals surface area contributed by atoms with Crippen LogP contribution in [0, 0.1) is 0 Å². The molecule has 164 valence electrons. The van der Waals surface area contributed by atoms with Gasteiger partial charge in [-0.1, -0.05) is 23.7 Å². The minimum Gasteiger partial charge on any atom is -0.491 e. The molecule has 0 bridgehead atoms. The highest BCUT2D eigenvalue weighted by molar-refractivity contribution is 6.30. The summed E-state index contributed by atoms with van der Waals surface area (Å²) >= 11 is 5.98. The van der Waals surface area contributed by atoms with Crippen LogP contribution in [0.3, 0.4) is 0 Å². The van der Waals surface area contributed by atoms with Crippen molar-refractivity contribution < 1.29 is 13.9 Å². The van der Waals surface area contributed by atoms with Gasteiger partial charge in [-0.3, -0.25) is 4.79 Å². The van der Waals surface area contributed by atoms with E-state index in [-0.39, 0.29) is 23.3 Å². The Balaban J connectivity index is 1.65. The molecule has 2 aromatic carbocycles. The largest absolute Gasteiger partial charge is 0.491 e. The molecule has 0 saturated heterocycles. The van der Waals surface area contributed by atoms with E-state index in [2.05, 4.69) is 10.4 Å². The Labute approximate surface area is 189 Å². The second-order valence-corrected chi connectivity index (χ2v) is 8.08. The van der Waals surface area contributed by atoms with Gasteiger partial charge in [0.15, 0.2) is 0 Å². The molecule has 0 aliphatic heterocycles. The lowest BCUT2D eigenvalue weighted by Gasteiger charge is -2.17. The van der Waals surface area contributed by atoms with E-state index in [0.717, 1.165) is 5.56 Å². The normalized spacial score (nSPS) is 12.2. The van der Waals surface area contributed by atoms with Crippen molar-refractivity contribution in [1.29, 1.82) is 0 Å². The summed E-state index contributed by atoms with van der Waals surface area (Å²) in [7, 11) is 0. The first kappa shape index (κ1) is 21.6. The average Bonchev–Trinajstić information content (AvgIpc) is 3.20. The highest BCUT2D eigenvalue weighted by Crippen LogP contribution is 2.26. The molecule has 8 heteroatoms. The van der Waals surface area contributed by atoms with E-state index in [0.29, 0.717) is 22.0 Å². The molecule has 2 aromatic heterocycles. The van der Waals surface area contributed by atoms with E-state index in [9.17, 15) is 9.59 Å². The highest BCUT2D eigenvalue weighted by Gasteiger charge is 2.18. The summed E-state index contributed by atoms with van der Waals surface area (Å²) in [6.07, 6.45) is 1.57. The molecule has 0 aliphatic rings. The van der Waals surface area contributed by atoms with E-state index >= 15 is 0 Å². The number of nitrogens with zero attached hydrogens (tertiary/aromatic N) is 2. The Kier molecular flexibility index (Phi) is 6.01. The monoisotopic (exact) mass is 451 g/mol. The second kappa shape index (κ2) is 8.88. The number of amides is 1. The number of carbonyl (C=O) groups excluding carboxylic acids is 1. The second-order valence-electron chi connectivity index (χ2n) is 7.65. The van der Waals surface area contributed by atoms with E-state index in [4.69, 9.17) is 20.8 Å². The first-order chi connectivity index (χ1) is 15.3. The number of hydrogen-bond donors (Lipinski definition) is 1. The summed E-state index contributed by atoms with van der Waals surface area (Å²) in [5.74, 6) is 0.618. The Hall–Kier alpha value is -3.58. The third-order valence-electron chi connectivity index (χ3n) is 4.96. The van der Waals surface area contributed by atoms with Crippen LogP contribution in [0.1, 0.15) is 42.7 Å². The number of hydrogen-bond acceptors (Lipinski definition) is 5. The maximum atomic E-state index is 13.1. The lowest BCUT2D eigenvalue weighted by Crippen LogP contribution is -2.19. The fraction of sp³-hybridized carbons (Fsp3) is 0.208. The Morgan fingerprint density at radius 1 is 1.09 bits per heavy atom. The Bertz CT molecular complexity index is 1330. The molecule has 2 heterocycles. The van der Waals surface area contributed by atoms with Crippen LogP contribution in [0.2, 0.25) is 5.02 Å². The molecule has 4 aromatic rings. The van der Waals surface area contributed by atoms with Gasteiger partial charge in [-0.15, -0.1) is 0 Å². The van der Waals surface area contributed by atoms with Gasteiger partial charge in [-0.2, -0.15) is 5.10 Å². The summed E-state index contributed by atoms with van der Waals surface area (Å²) in [4.78, 5) is 25.2. The third kappa shape index (κ3) is 4.53. The first-order valence-corrected chi connectivity index (χ1v) is 10.5. The zero-order chi connectivity index (χ0) is 22.8. The highest BCUT2D eigenvalue weighted by atomic mass is 35.5. The zero-order valence-corrected chi connectivity index (χ0v) is 18.6. The topological polar surface area (TPSA) is 86.4 Å². The van der Waals surface area contributed by atoms with Crippen LogP contribution in [-0.2, 0) is 0 Å². The van der Waals surface area contributed by atoms with Gasteiger partial charge in [0.2, 0.25) is 0 Å². The summed E-state index contributed by atoms with van der Waals surface area (Å²) < 4.78 is 12.6. The van der Waals surface area contributed by atoms with E-state index < -0.39 is 11.5 Å². The number of ether oxygens (including phenoxy) is 1. The number of benzene rings is 2. The minimum absolute atomic E-state index is 0.0337. The summed E-state index contributed by atoms with van der Waals surface area (Å²) in [5, 5.41) is 8.37. The Morgan fingerprint density at radius 2 is 1.84 bits per heavy atom. The molecular weight excluding hydrogens is 430 g/mol. The van der Waals surface area contributed by atoms with Crippen LogP contribution in [0.25, 0.3) is 11.0 Å². The standard InChI is InChI=1S/C24H22ClN3O4/c1-14(2)31-18-8-9-19-20(13-23(29)32-21(19)12-18)24(30)27-22-10-11-26-28(22)15(3)16-4-6-17(25)7-5-16/h4-15H,1-3H3,(H,27,30). The summed E-state index contributed by atoms with van der Waals surface area (Å²) in [6.45, 7) is 5.77. The van der Waals surface area contributed by atoms with Gasteiger partial charge in [-0.05, 0) is 50.6 Å². The molecular formula is C24H22ClN3O4. The summed E-state index contributed by atoms with van der Waals surface area (Å²) in [5.41, 5.74) is 0.854. The van der Waals surface area contributed by atoms with Crippen LogP contribution in [0.15, 0.2) is 70.0 Å². The maximum Gasteiger partial charge on any atom is 0.337 e. The fourth-order valence-electron chi connectivity index (χ4n) is 3.46. The maximum absolute atomic E-state index is 13.1. The molecule has 7 nitrogen and oxygen atoms in total. The van der Waals surface area contributed by atoms with Crippen LogP contribution in [-0.4, -0.2) is 21.8 Å². The molecule has 1 atom stereocenters. The molecule has 0 saturated carbocycles. The molecule has 1 N–H and O–H groups in total. The van der Waals surface area contributed by atoms with E-state index in [1.54, 1.807) is 35.1 Å². The number of aromatic nitrogens is 2. The van der Waals surface area contributed by atoms with Gasteiger partial charge in [-0.25, -0.2) is 9.48 Å². The van der Waals surface area contributed by atoms with Crippen molar-refractivity contribution in [2.45, 2.75) is 32.9 Å². The molecule has 0 radical (unpaired) electrons. The van der Waals surface area contributed by atoms with Crippen molar-refractivity contribution in [2.24, 2.45) is 0 Å². The molecule has 0 fully saturated rings. The Morgan fingerprint density at radius 3 is 2.56 bits per heavy atom. The van der Waals surface area contributed by atoms with Crippen LogP contribution < -0.4 is 15.7 Å². The lowest BCUT2D eigenvalue weighted by atomic mass is 10.1. The van der Waals surface area contributed by atoms with Crippen molar-refractivity contribution in [1.82, 2.24) is 9.78 Å². The average molecular weight is 452 g/mol. The molecule has 1 amide bonds. The lowest BCUT2D eigenvalue weighted by molar-refractivity contribution is 0.102. The molecule has 0 aliphatic carbocycles. The quantitative estimate of drug-likeness (QED) is 0.402. The molecule has 1 unspecified atom stereocenters. The number of carbonyl (C=O) groups is 1. The van der Waals surface area contributed by atoms with Crippen molar-refractivity contribution in [3.63, 3.8) is 0 Å². The van der Waals surface area contributed by atoms with Crippen LogP contribution >= 0.6 is 11.6 Å². The molecule has 4 rings (SSSR count). The van der Waals surface area contributed by atoms with Crippen LogP contribution in [0.5, 0.6) is 5.75 Å². The van der Waals surface area contributed by atoms with Crippen molar-refractivity contribution in [3.05, 3.63) is 87.4 Å². The molecule has 0 spiro atoms. The predicted octanol–water partition coefficient (Wildman–Crippen LogP) is 5.29. The fourth-order valence-corrected chi connectivity index (χ4v) is 3.59. The summed E-state index contributed by atoms with van der Waals surface area (Å²) in [6, 6.07) is 15.2. The smallest absolute Gasteiger partial charge is 0.337 e. The van der Waals surface area contributed by atoms with Gasteiger partial charge in [0.05, 0.1) is 23.9 Å². The van der Waals surface area contributed by atoms with Gasteiger partial charge in [0.1, 0.15) is 17.2 Å².